The number of nitrogens with one attached hydrogen (secondary N) is 2. The van der Waals surface area contributed by atoms with E-state index in [1.165, 1.54) is 0 Å². The molecule has 2 heterocycles. The number of anilines is 1. The van der Waals surface area contributed by atoms with Gasteiger partial charge in [-0.15, -0.1) is 0 Å². The van der Waals surface area contributed by atoms with Crippen molar-refractivity contribution < 1.29 is 9.47 Å². The zero-order valence-electron chi connectivity index (χ0n) is 13.0. The van der Waals surface area contributed by atoms with Gasteiger partial charge in [-0.25, -0.2) is 4.98 Å². The lowest BCUT2D eigenvalue weighted by Crippen LogP contribution is -2.32. The molecule has 0 saturated carbocycles. The summed E-state index contributed by atoms with van der Waals surface area (Å²) in [6.07, 6.45) is 4.74. The lowest BCUT2D eigenvalue weighted by molar-refractivity contribution is 0.394. The summed E-state index contributed by atoms with van der Waals surface area (Å²) < 4.78 is 10.7. The Balaban J connectivity index is 1.62. The molecule has 0 aliphatic carbocycles. The van der Waals surface area contributed by atoms with Crippen LogP contribution in [0.2, 0.25) is 0 Å². The minimum Gasteiger partial charge on any atom is -0.497 e. The van der Waals surface area contributed by atoms with E-state index < -0.39 is 0 Å². The fourth-order valence-corrected chi connectivity index (χ4v) is 2.77. The van der Waals surface area contributed by atoms with Crippen LogP contribution in [0.5, 0.6) is 11.5 Å². The molecule has 1 aromatic heterocycles. The molecule has 118 valence electrons. The molecule has 6 heteroatoms. The van der Waals surface area contributed by atoms with Crippen LogP contribution in [0.4, 0.5) is 5.69 Å². The highest BCUT2D eigenvalue weighted by atomic mass is 16.5. The van der Waals surface area contributed by atoms with Crippen LogP contribution in [0.25, 0.3) is 0 Å². The average Bonchev–Trinajstić information content (AvgIpc) is 3.23. The van der Waals surface area contributed by atoms with E-state index in [-0.39, 0.29) is 0 Å². The molecule has 0 amide bonds. The maximum absolute atomic E-state index is 5.35. The summed E-state index contributed by atoms with van der Waals surface area (Å²) in [6.45, 7) is 2.76. The molecule has 0 unspecified atom stereocenters. The molecule has 3 rings (SSSR count). The van der Waals surface area contributed by atoms with Crippen molar-refractivity contribution in [3.05, 3.63) is 36.4 Å². The Bertz CT molecular complexity index is 578. The number of aromatic nitrogens is 2. The summed E-state index contributed by atoms with van der Waals surface area (Å²) in [4.78, 5) is 9.70. The fourth-order valence-electron chi connectivity index (χ4n) is 2.77. The van der Waals surface area contributed by atoms with Crippen LogP contribution in [0.1, 0.15) is 12.2 Å². The molecule has 1 aliphatic rings. The first kappa shape index (κ1) is 14.7. The number of H-pyrrole nitrogens is 1. The summed E-state index contributed by atoms with van der Waals surface area (Å²) in [6, 6.07) is 6.46. The number of benzene rings is 1. The summed E-state index contributed by atoms with van der Waals surface area (Å²) in [5, 5.41) is 3.54. The fraction of sp³-hybridized carbons (Fsp3) is 0.438. The second-order valence-corrected chi connectivity index (χ2v) is 5.42. The van der Waals surface area contributed by atoms with Crippen molar-refractivity contribution in [2.24, 2.45) is 0 Å². The number of aromatic amines is 1. The van der Waals surface area contributed by atoms with Gasteiger partial charge in [-0.2, -0.15) is 0 Å². The maximum Gasteiger partial charge on any atom is 0.124 e. The largest absolute Gasteiger partial charge is 0.497 e. The van der Waals surface area contributed by atoms with Crippen molar-refractivity contribution >= 4 is 5.69 Å². The second-order valence-electron chi connectivity index (χ2n) is 5.42. The van der Waals surface area contributed by atoms with Gasteiger partial charge in [-0.3, -0.25) is 0 Å². The number of ether oxygens (including phenoxy) is 2. The van der Waals surface area contributed by atoms with Crippen molar-refractivity contribution in [2.75, 3.05) is 32.2 Å². The molecule has 0 spiro atoms. The zero-order valence-corrected chi connectivity index (χ0v) is 13.0. The van der Waals surface area contributed by atoms with Crippen LogP contribution < -0.4 is 19.7 Å². The average molecular weight is 302 g/mol. The lowest BCUT2D eigenvalue weighted by Gasteiger charge is -2.20. The highest BCUT2D eigenvalue weighted by molar-refractivity contribution is 5.56. The van der Waals surface area contributed by atoms with Gasteiger partial charge in [0.25, 0.3) is 0 Å². The lowest BCUT2D eigenvalue weighted by atomic mass is 10.2. The van der Waals surface area contributed by atoms with Crippen molar-refractivity contribution in [1.29, 1.82) is 0 Å². The third-order valence-electron chi connectivity index (χ3n) is 4.00. The smallest absolute Gasteiger partial charge is 0.124 e. The number of rotatable bonds is 6. The molecule has 0 radical (unpaired) electrons. The van der Waals surface area contributed by atoms with Crippen molar-refractivity contribution in [3.63, 3.8) is 0 Å². The maximum atomic E-state index is 5.35. The molecule has 2 aromatic rings. The first-order chi connectivity index (χ1) is 10.8. The van der Waals surface area contributed by atoms with E-state index >= 15 is 0 Å². The van der Waals surface area contributed by atoms with Crippen LogP contribution in [0, 0.1) is 0 Å². The third kappa shape index (κ3) is 3.33. The predicted molar refractivity (Wildman–Crippen MR) is 85.6 cm³/mol. The third-order valence-corrected chi connectivity index (χ3v) is 4.00. The summed E-state index contributed by atoms with van der Waals surface area (Å²) in [7, 11) is 3.35. The van der Waals surface area contributed by atoms with Gasteiger partial charge in [0, 0.05) is 55.4 Å². The molecular weight excluding hydrogens is 280 g/mol. The molecule has 1 saturated heterocycles. The van der Waals surface area contributed by atoms with Crippen LogP contribution in [-0.4, -0.2) is 43.3 Å². The zero-order chi connectivity index (χ0) is 15.4. The first-order valence-corrected chi connectivity index (χ1v) is 7.48. The van der Waals surface area contributed by atoms with Crippen molar-refractivity contribution in [2.45, 2.75) is 19.0 Å². The SMILES string of the molecule is COc1cc(OC)cc(N2CC[C@@H](NCc3ncc[nH]3)C2)c1. The Morgan fingerprint density at radius 1 is 1.27 bits per heavy atom. The van der Waals surface area contributed by atoms with Gasteiger partial charge < -0.3 is 24.7 Å². The van der Waals surface area contributed by atoms with Crippen LogP contribution in [-0.2, 0) is 6.54 Å². The van der Waals surface area contributed by atoms with Gasteiger partial charge in [-0.1, -0.05) is 0 Å². The van der Waals surface area contributed by atoms with Crippen molar-refractivity contribution in [3.8, 4) is 11.5 Å². The molecule has 1 atom stereocenters. The summed E-state index contributed by atoms with van der Waals surface area (Å²) >= 11 is 0. The standard InChI is InChI=1S/C16H22N4O2/c1-21-14-7-13(8-15(9-14)22-2)20-6-3-12(11-20)19-10-16-17-4-5-18-16/h4-5,7-9,12,19H,3,6,10-11H2,1-2H3,(H,17,18)/t12-/m1/s1. The van der Waals surface area contributed by atoms with Gasteiger partial charge >= 0.3 is 0 Å². The van der Waals surface area contributed by atoms with Gasteiger partial charge in [0.1, 0.15) is 17.3 Å². The highest BCUT2D eigenvalue weighted by Gasteiger charge is 2.23. The van der Waals surface area contributed by atoms with Gasteiger partial charge in [-0.05, 0) is 6.42 Å². The van der Waals surface area contributed by atoms with E-state index in [9.17, 15) is 0 Å². The van der Waals surface area contributed by atoms with E-state index in [2.05, 4.69) is 32.3 Å². The Kier molecular flexibility index (Phi) is 4.48. The number of hydrogen-bond donors (Lipinski definition) is 2. The van der Waals surface area contributed by atoms with Gasteiger partial charge in [0.2, 0.25) is 0 Å². The van der Waals surface area contributed by atoms with E-state index in [1.807, 2.05) is 12.3 Å². The van der Waals surface area contributed by atoms with Crippen molar-refractivity contribution in [1.82, 2.24) is 15.3 Å². The number of imidazole rings is 1. The van der Waals surface area contributed by atoms with E-state index in [1.54, 1.807) is 20.4 Å². The second kappa shape index (κ2) is 6.70. The molecule has 6 nitrogen and oxygen atoms in total. The molecule has 1 aliphatic heterocycles. The van der Waals surface area contributed by atoms with Gasteiger partial charge in [0.05, 0.1) is 20.8 Å². The molecular formula is C16H22N4O2. The van der Waals surface area contributed by atoms with Gasteiger partial charge in [0.15, 0.2) is 0 Å². The number of methoxy groups -OCH3 is 2. The predicted octanol–water partition coefficient (Wildman–Crippen LogP) is 1.80. The number of nitrogens with zero attached hydrogens (tertiary/aromatic N) is 2. The van der Waals surface area contributed by atoms with Crippen LogP contribution in [0.3, 0.4) is 0 Å². The van der Waals surface area contributed by atoms with E-state index in [4.69, 9.17) is 9.47 Å². The quantitative estimate of drug-likeness (QED) is 0.852. The molecule has 2 N–H and O–H groups in total. The summed E-state index contributed by atoms with van der Waals surface area (Å²) in [5.41, 5.74) is 1.14. The summed E-state index contributed by atoms with van der Waals surface area (Å²) in [5.74, 6) is 2.61. The van der Waals surface area contributed by atoms with Crippen LogP contribution >= 0.6 is 0 Å². The highest BCUT2D eigenvalue weighted by Crippen LogP contribution is 2.30. The Morgan fingerprint density at radius 3 is 2.68 bits per heavy atom. The Morgan fingerprint density at radius 2 is 2.05 bits per heavy atom. The Hall–Kier alpha value is -2.21. The first-order valence-electron chi connectivity index (χ1n) is 7.48. The van der Waals surface area contributed by atoms with E-state index in [0.29, 0.717) is 6.04 Å². The molecule has 1 aromatic carbocycles. The van der Waals surface area contributed by atoms with E-state index in [0.717, 1.165) is 49.1 Å². The molecule has 0 bridgehead atoms. The Labute approximate surface area is 130 Å². The molecule has 1 fully saturated rings. The minimum atomic E-state index is 0.460. The number of hydrogen-bond acceptors (Lipinski definition) is 5. The molecule has 22 heavy (non-hydrogen) atoms. The topological polar surface area (TPSA) is 62.4 Å². The normalized spacial score (nSPS) is 17.7. The van der Waals surface area contributed by atoms with Crippen LogP contribution in [0.15, 0.2) is 30.6 Å². The monoisotopic (exact) mass is 302 g/mol. The minimum absolute atomic E-state index is 0.460.